The number of nitrogens with zero attached hydrogens (tertiary/aromatic N) is 4. The molecule has 3 aromatic rings. The van der Waals surface area contributed by atoms with E-state index >= 15 is 0 Å². The normalized spacial score (nSPS) is 12.3. The number of hydrogen-bond acceptors (Lipinski definition) is 6. The van der Waals surface area contributed by atoms with Gasteiger partial charge >= 0.3 is 0 Å². The number of rotatable bonds is 8. The molecular weight excluding hydrogens is 430 g/mol. The third kappa shape index (κ3) is 7.57. The molecule has 0 radical (unpaired) electrons. The highest BCUT2D eigenvalue weighted by Gasteiger charge is 2.12. The van der Waals surface area contributed by atoms with E-state index in [0.29, 0.717) is 28.9 Å². The Morgan fingerprint density at radius 2 is 1.82 bits per heavy atom. The first-order chi connectivity index (χ1) is 16.0. The maximum Gasteiger partial charge on any atom is 0.197 e. The number of nitrogens with one attached hydrogen (secondary N) is 1. The maximum absolute atomic E-state index is 6.19. The van der Waals surface area contributed by atoms with Gasteiger partial charge in [0.1, 0.15) is 11.6 Å². The molecule has 1 N–H and O–H groups in total. The van der Waals surface area contributed by atoms with Crippen molar-refractivity contribution in [2.75, 3.05) is 0 Å². The summed E-state index contributed by atoms with van der Waals surface area (Å²) in [6.45, 7) is 9.90. The van der Waals surface area contributed by atoms with Crippen molar-refractivity contribution >= 4 is 23.4 Å². The fourth-order valence-electron chi connectivity index (χ4n) is 2.88. The number of hydrogen-bond donors (Lipinski definition) is 1. The van der Waals surface area contributed by atoms with Crippen LogP contribution in [0.3, 0.4) is 0 Å². The zero-order valence-electron chi connectivity index (χ0n) is 19.7. The zero-order chi connectivity index (χ0) is 23.6. The topological polar surface area (TPSA) is 72.3 Å². The van der Waals surface area contributed by atoms with Crippen LogP contribution in [0.1, 0.15) is 38.6 Å². The van der Waals surface area contributed by atoms with Crippen LogP contribution in [-0.4, -0.2) is 20.8 Å². The minimum Gasteiger partial charge on any atom is -0.453 e. The number of aryl methyl sites for hydroxylation is 2. The van der Waals surface area contributed by atoms with E-state index in [4.69, 9.17) is 9.73 Å². The van der Waals surface area contributed by atoms with Crippen LogP contribution < -0.4 is 10.1 Å². The van der Waals surface area contributed by atoms with Gasteiger partial charge in [-0.1, -0.05) is 36.4 Å². The fourth-order valence-corrected chi connectivity index (χ4v) is 3.74. The number of benzene rings is 1. The number of amidine groups is 1. The Morgan fingerprint density at radius 3 is 2.48 bits per heavy atom. The standard InChI is InChI=1S/C26H29N5OS/c1-6-8-14-24(28-18(3)7-2)31-25-23(32-21-12-10-9-11-13-21)16-22(17-27-25)33-26-29-19(4)15-20(5)30-26/h6-13,15-17H,14H2,1-5H3,(H,27,28,31)/b8-6+,18-7-. The van der Waals surface area contributed by atoms with Crippen molar-refractivity contribution in [2.45, 2.75) is 51.1 Å². The van der Waals surface area contributed by atoms with Gasteiger partial charge in [0.15, 0.2) is 16.7 Å². The van der Waals surface area contributed by atoms with Gasteiger partial charge in [0.25, 0.3) is 0 Å². The van der Waals surface area contributed by atoms with Crippen LogP contribution in [0.4, 0.5) is 5.82 Å². The number of pyridine rings is 1. The van der Waals surface area contributed by atoms with Crippen LogP contribution in [0.25, 0.3) is 0 Å². The lowest BCUT2D eigenvalue weighted by molar-refractivity contribution is 0.480. The summed E-state index contributed by atoms with van der Waals surface area (Å²) >= 11 is 1.45. The van der Waals surface area contributed by atoms with Crippen LogP contribution in [0.15, 0.2) is 87.6 Å². The molecule has 33 heavy (non-hydrogen) atoms. The average Bonchev–Trinajstić information content (AvgIpc) is 2.79. The van der Waals surface area contributed by atoms with Gasteiger partial charge in [-0.2, -0.15) is 0 Å². The minimum absolute atomic E-state index is 0.500. The number of aromatic nitrogens is 3. The minimum atomic E-state index is 0.500. The van der Waals surface area contributed by atoms with Crippen molar-refractivity contribution in [3.8, 4) is 11.5 Å². The first-order valence-corrected chi connectivity index (χ1v) is 11.6. The van der Waals surface area contributed by atoms with Crippen molar-refractivity contribution in [3.05, 3.63) is 84.0 Å². The second kappa shape index (κ2) is 12.0. The van der Waals surface area contributed by atoms with Gasteiger partial charge in [-0.25, -0.2) is 19.9 Å². The predicted molar refractivity (Wildman–Crippen MR) is 135 cm³/mol. The SMILES string of the molecule is C/C=C(/C)N/C(C/C=C/C)=N/c1ncc(Sc2nc(C)cc(C)n2)cc1Oc1ccccc1. The molecular formula is C26H29N5OS. The molecule has 2 aromatic heterocycles. The van der Waals surface area contributed by atoms with E-state index in [9.17, 15) is 0 Å². The van der Waals surface area contributed by atoms with Gasteiger partial charge < -0.3 is 10.1 Å². The first-order valence-electron chi connectivity index (χ1n) is 10.8. The molecule has 170 valence electrons. The van der Waals surface area contributed by atoms with E-state index in [1.54, 1.807) is 6.20 Å². The van der Waals surface area contributed by atoms with E-state index in [1.165, 1.54) is 11.8 Å². The number of allylic oxidation sites excluding steroid dienone is 3. The highest BCUT2D eigenvalue weighted by Crippen LogP contribution is 2.35. The quantitative estimate of drug-likeness (QED) is 0.170. The van der Waals surface area contributed by atoms with Gasteiger partial charge in [0.2, 0.25) is 0 Å². The molecule has 1 aromatic carbocycles. The monoisotopic (exact) mass is 459 g/mol. The van der Waals surface area contributed by atoms with Crippen LogP contribution in [0, 0.1) is 13.8 Å². The van der Waals surface area contributed by atoms with Crippen LogP contribution >= 0.6 is 11.8 Å². The maximum atomic E-state index is 6.19. The Hall–Kier alpha value is -3.45. The van der Waals surface area contributed by atoms with Crippen molar-refractivity contribution in [3.63, 3.8) is 0 Å². The zero-order valence-corrected chi connectivity index (χ0v) is 20.5. The lowest BCUT2D eigenvalue weighted by Crippen LogP contribution is -2.20. The van der Waals surface area contributed by atoms with E-state index in [-0.39, 0.29) is 0 Å². The highest BCUT2D eigenvalue weighted by atomic mass is 32.2. The van der Waals surface area contributed by atoms with Gasteiger partial charge in [0, 0.05) is 40.7 Å². The predicted octanol–water partition coefficient (Wildman–Crippen LogP) is 6.94. The summed E-state index contributed by atoms with van der Waals surface area (Å²) in [6.07, 6.45) is 8.48. The average molecular weight is 460 g/mol. The second-order valence-electron chi connectivity index (χ2n) is 7.37. The van der Waals surface area contributed by atoms with Crippen molar-refractivity contribution in [1.29, 1.82) is 0 Å². The molecule has 7 heteroatoms. The molecule has 0 saturated carbocycles. The molecule has 3 rings (SSSR count). The molecule has 0 bridgehead atoms. The van der Waals surface area contributed by atoms with E-state index in [1.807, 2.05) is 95.3 Å². The molecule has 0 spiro atoms. The summed E-state index contributed by atoms with van der Waals surface area (Å²) in [6, 6.07) is 13.5. The molecule has 6 nitrogen and oxygen atoms in total. The Bertz CT molecular complexity index is 1150. The van der Waals surface area contributed by atoms with Gasteiger partial charge in [-0.3, -0.25) is 0 Å². The summed E-state index contributed by atoms with van der Waals surface area (Å²) in [7, 11) is 0. The smallest absolute Gasteiger partial charge is 0.197 e. The number of para-hydroxylation sites is 1. The summed E-state index contributed by atoms with van der Waals surface area (Å²) < 4.78 is 6.19. The highest BCUT2D eigenvalue weighted by molar-refractivity contribution is 7.99. The Kier molecular flexibility index (Phi) is 8.78. The molecule has 0 unspecified atom stereocenters. The van der Waals surface area contributed by atoms with Crippen molar-refractivity contribution in [2.24, 2.45) is 4.99 Å². The van der Waals surface area contributed by atoms with Gasteiger partial charge in [-0.15, -0.1) is 0 Å². The molecule has 0 aliphatic carbocycles. The summed E-state index contributed by atoms with van der Waals surface area (Å²) in [5.41, 5.74) is 2.88. The van der Waals surface area contributed by atoms with Crippen LogP contribution in [0.2, 0.25) is 0 Å². The fraction of sp³-hybridized carbons (Fsp3) is 0.231. The Morgan fingerprint density at radius 1 is 1.09 bits per heavy atom. The molecule has 0 atom stereocenters. The van der Waals surface area contributed by atoms with E-state index in [2.05, 4.69) is 20.3 Å². The van der Waals surface area contributed by atoms with Crippen LogP contribution in [0.5, 0.6) is 11.5 Å². The third-order valence-corrected chi connectivity index (χ3v) is 5.34. The first kappa shape index (κ1) is 24.2. The summed E-state index contributed by atoms with van der Waals surface area (Å²) in [4.78, 5) is 19.3. The molecule has 0 aliphatic heterocycles. The summed E-state index contributed by atoms with van der Waals surface area (Å²) in [5.74, 6) is 2.56. The van der Waals surface area contributed by atoms with Crippen LogP contribution in [-0.2, 0) is 0 Å². The Labute approximate surface area is 200 Å². The molecule has 0 fully saturated rings. The van der Waals surface area contributed by atoms with E-state index < -0.39 is 0 Å². The second-order valence-corrected chi connectivity index (χ2v) is 8.41. The van der Waals surface area contributed by atoms with Gasteiger partial charge in [0.05, 0.1) is 0 Å². The van der Waals surface area contributed by atoms with E-state index in [0.717, 1.165) is 27.8 Å². The lowest BCUT2D eigenvalue weighted by atomic mass is 10.3. The lowest BCUT2D eigenvalue weighted by Gasteiger charge is -2.12. The molecule has 2 heterocycles. The third-order valence-electron chi connectivity index (χ3n) is 4.51. The molecule has 0 saturated heterocycles. The largest absolute Gasteiger partial charge is 0.453 e. The van der Waals surface area contributed by atoms with Crippen molar-refractivity contribution in [1.82, 2.24) is 20.3 Å². The number of aliphatic imine (C=N–C) groups is 1. The number of ether oxygens (including phenoxy) is 1. The molecule has 0 amide bonds. The molecule has 0 aliphatic rings. The van der Waals surface area contributed by atoms with Crippen molar-refractivity contribution < 1.29 is 4.74 Å². The summed E-state index contributed by atoms with van der Waals surface area (Å²) in [5, 5.41) is 4.02. The Balaban J connectivity index is 2.00. The van der Waals surface area contributed by atoms with Gasteiger partial charge in [-0.05, 0) is 64.6 Å².